The summed E-state index contributed by atoms with van der Waals surface area (Å²) in [5.41, 5.74) is 2.80. The highest BCUT2D eigenvalue weighted by Crippen LogP contribution is 2.18. The van der Waals surface area contributed by atoms with Crippen LogP contribution in [0.2, 0.25) is 0 Å². The smallest absolute Gasteiger partial charge is 0.243 e. The number of Topliss-reactive ketones (excluding diaryl/α,β-unsaturated/α-hetero) is 1. The van der Waals surface area contributed by atoms with Crippen molar-refractivity contribution in [2.45, 2.75) is 18.4 Å². The van der Waals surface area contributed by atoms with Crippen molar-refractivity contribution in [2.24, 2.45) is 0 Å². The molecule has 0 aromatic heterocycles. The molecule has 0 saturated carbocycles. The fourth-order valence-corrected chi connectivity index (χ4v) is 4.29. The van der Waals surface area contributed by atoms with Crippen molar-refractivity contribution in [1.82, 2.24) is 9.62 Å². The summed E-state index contributed by atoms with van der Waals surface area (Å²) < 4.78 is 31.8. The number of nitrogens with zero attached hydrogens (tertiary/aromatic N) is 1. The summed E-state index contributed by atoms with van der Waals surface area (Å²) >= 11 is 0. The van der Waals surface area contributed by atoms with E-state index in [0.29, 0.717) is 38.4 Å². The molecule has 3 rings (SSSR count). The Morgan fingerprint density at radius 2 is 1.67 bits per heavy atom. The molecule has 0 unspecified atom stereocenters. The number of carbonyl (C=O) groups excluding carboxylic acids is 1. The second-order valence-corrected chi connectivity index (χ2v) is 8.49. The van der Waals surface area contributed by atoms with Gasteiger partial charge >= 0.3 is 0 Å². The lowest BCUT2D eigenvalue weighted by Gasteiger charge is -2.26. The predicted molar refractivity (Wildman–Crippen MR) is 103 cm³/mol. The molecule has 1 aliphatic heterocycles. The van der Waals surface area contributed by atoms with Crippen LogP contribution < -0.4 is 5.32 Å². The minimum atomic E-state index is -3.53. The van der Waals surface area contributed by atoms with Gasteiger partial charge in [-0.1, -0.05) is 42.0 Å². The number of sulfonamides is 1. The number of carbonyl (C=O) groups is 1. The van der Waals surface area contributed by atoms with Crippen molar-refractivity contribution >= 4 is 15.8 Å². The molecule has 0 aliphatic carbocycles. The molecular formula is C20H24N2O4S. The van der Waals surface area contributed by atoms with Crippen LogP contribution in [0, 0.1) is 6.92 Å². The fourth-order valence-electron chi connectivity index (χ4n) is 2.88. The number of hydrogen-bond acceptors (Lipinski definition) is 5. The number of morpholine rings is 1. The number of nitrogens with one attached hydrogen (secondary N) is 1. The van der Waals surface area contributed by atoms with E-state index in [1.807, 2.05) is 31.2 Å². The van der Waals surface area contributed by atoms with Crippen LogP contribution >= 0.6 is 0 Å². The van der Waals surface area contributed by atoms with Gasteiger partial charge in [0, 0.05) is 25.2 Å². The number of rotatable bonds is 7. The van der Waals surface area contributed by atoms with Gasteiger partial charge in [0.25, 0.3) is 0 Å². The molecule has 1 N–H and O–H groups in total. The zero-order chi connectivity index (χ0) is 19.3. The van der Waals surface area contributed by atoms with Gasteiger partial charge in [0.05, 0.1) is 24.7 Å². The molecule has 7 heteroatoms. The molecule has 0 atom stereocenters. The highest BCUT2D eigenvalue weighted by Gasteiger charge is 2.26. The molecule has 0 spiro atoms. The van der Waals surface area contributed by atoms with Gasteiger partial charge < -0.3 is 10.1 Å². The standard InChI is InChI=1S/C20H24N2O4S/c1-16-2-4-17(5-3-16)14-21-15-20(23)18-6-8-19(9-7-18)27(24,25)22-10-12-26-13-11-22/h2-9,21H,10-15H2,1H3. The molecule has 1 aliphatic rings. The summed E-state index contributed by atoms with van der Waals surface area (Å²) in [5.74, 6) is -0.0718. The summed E-state index contributed by atoms with van der Waals surface area (Å²) in [7, 11) is -3.53. The van der Waals surface area contributed by atoms with E-state index in [-0.39, 0.29) is 17.2 Å². The molecule has 144 valence electrons. The number of ketones is 1. The SMILES string of the molecule is Cc1ccc(CNCC(=O)c2ccc(S(=O)(=O)N3CCOCC3)cc2)cc1. The van der Waals surface area contributed by atoms with Crippen LogP contribution in [0.3, 0.4) is 0 Å². The quantitative estimate of drug-likeness (QED) is 0.734. The Balaban J connectivity index is 1.57. The second kappa shape index (κ2) is 8.75. The minimum absolute atomic E-state index is 0.0718. The van der Waals surface area contributed by atoms with Crippen LogP contribution in [-0.4, -0.2) is 51.4 Å². The van der Waals surface area contributed by atoms with Gasteiger partial charge in [0.15, 0.2) is 5.78 Å². The zero-order valence-electron chi connectivity index (χ0n) is 15.3. The molecule has 2 aromatic rings. The van der Waals surface area contributed by atoms with Crippen LogP contribution in [0.1, 0.15) is 21.5 Å². The molecular weight excluding hydrogens is 364 g/mol. The van der Waals surface area contributed by atoms with Gasteiger partial charge in [0.2, 0.25) is 10.0 Å². The topological polar surface area (TPSA) is 75.7 Å². The first kappa shape index (κ1) is 19.7. The number of hydrogen-bond donors (Lipinski definition) is 1. The third-order valence-electron chi connectivity index (χ3n) is 4.52. The van der Waals surface area contributed by atoms with Crippen molar-refractivity contribution in [2.75, 3.05) is 32.8 Å². The average Bonchev–Trinajstić information content (AvgIpc) is 2.70. The van der Waals surface area contributed by atoms with Gasteiger partial charge in [-0.05, 0) is 24.6 Å². The number of benzene rings is 2. The average molecular weight is 388 g/mol. The molecule has 6 nitrogen and oxygen atoms in total. The van der Waals surface area contributed by atoms with E-state index in [2.05, 4.69) is 5.32 Å². The number of aryl methyl sites for hydroxylation is 1. The molecule has 27 heavy (non-hydrogen) atoms. The number of ether oxygens (including phenoxy) is 1. The highest BCUT2D eigenvalue weighted by molar-refractivity contribution is 7.89. The van der Waals surface area contributed by atoms with Gasteiger partial charge in [-0.2, -0.15) is 4.31 Å². The van der Waals surface area contributed by atoms with Crippen LogP contribution in [-0.2, 0) is 21.3 Å². The van der Waals surface area contributed by atoms with E-state index in [0.717, 1.165) is 5.56 Å². The van der Waals surface area contributed by atoms with E-state index in [9.17, 15) is 13.2 Å². The van der Waals surface area contributed by atoms with Crippen LogP contribution in [0.5, 0.6) is 0 Å². The maximum absolute atomic E-state index is 12.6. The molecule has 1 fully saturated rings. The Bertz CT molecular complexity index is 871. The van der Waals surface area contributed by atoms with E-state index in [1.165, 1.54) is 22.0 Å². The molecule has 0 radical (unpaired) electrons. The van der Waals surface area contributed by atoms with Gasteiger partial charge in [0.1, 0.15) is 0 Å². The highest BCUT2D eigenvalue weighted by atomic mass is 32.2. The van der Waals surface area contributed by atoms with Gasteiger partial charge in [-0.15, -0.1) is 0 Å². The molecule has 0 bridgehead atoms. The van der Waals surface area contributed by atoms with Crippen LogP contribution in [0.25, 0.3) is 0 Å². The Morgan fingerprint density at radius 3 is 2.30 bits per heavy atom. The Kier molecular flexibility index (Phi) is 6.38. The molecule has 1 saturated heterocycles. The Morgan fingerprint density at radius 1 is 1.04 bits per heavy atom. The van der Waals surface area contributed by atoms with E-state index in [4.69, 9.17) is 4.74 Å². The Labute approximate surface area is 160 Å². The first-order chi connectivity index (χ1) is 13.0. The van der Waals surface area contributed by atoms with E-state index >= 15 is 0 Å². The summed E-state index contributed by atoms with van der Waals surface area (Å²) in [4.78, 5) is 12.5. The lowest BCUT2D eigenvalue weighted by Crippen LogP contribution is -2.40. The summed E-state index contributed by atoms with van der Waals surface area (Å²) in [6.45, 7) is 4.35. The van der Waals surface area contributed by atoms with Crippen molar-refractivity contribution in [3.63, 3.8) is 0 Å². The second-order valence-electron chi connectivity index (χ2n) is 6.55. The molecule has 2 aromatic carbocycles. The van der Waals surface area contributed by atoms with Crippen molar-refractivity contribution < 1.29 is 17.9 Å². The van der Waals surface area contributed by atoms with Crippen molar-refractivity contribution in [3.05, 3.63) is 65.2 Å². The maximum Gasteiger partial charge on any atom is 0.243 e. The Hall–Kier alpha value is -2.06. The van der Waals surface area contributed by atoms with Gasteiger partial charge in [-0.3, -0.25) is 4.79 Å². The normalized spacial score (nSPS) is 15.6. The van der Waals surface area contributed by atoms with E-state index < -0.39 is 10.0 Å². The maximum atomic E-state index is 12.6. The third-order valence-corrected chi connectivity index (χ3v) is 6.43. The fraction of sp³-hybridized carbons (Fsp3) is 0.350. The largest absolute Gasteiger partial charge is 0.379 e. The van der Waals surface area contributed by atoms with Crippen molar-refractivity contribution in [3.8, 4) is 0 Å². The zero-order valence-corrected chi connectivity index (χ0v) is 16.2. The lowest BCUT2D eigenvalue weighted by molar-refractivity contribution is 0.0730. The molecule has 1 heterocycles. The summed E-state index contributed by atoms with van der Waals surface area (Å²) in [6, 6.07) is 14.3. The van der Waals surface area contributed by atoms with Crippen LogP contribution in [0.15, 0.2) is 53.4 Å². The van der Waals surface area contributed by atoms with Gasteiger partial charge in [-0.25, -0.2) is 8.42 Å². The van der Waals surface area contributed by atoms with E-state index in [1.54, 1.807) is 12.1 Å². The minimum Gasteiger partial charge on any atom is -0.379 e. The molecule has 0 amide bonds. The summed E-state index contributed by atoms with van der Waals surface area (Å²) in [5, 5.41) is 3.13. The predicted octanol–water partition coefficient (Wildman–Crippen LogP) is 1.99. The first-order valence-electron chi connectivity index (χ1n) is 8.94. The first-order valence-corrected chi connectivity index (χ1v) is 10.4. The van der Waals surface area contributed by atoms with Crippen LogP contribution in [0.4, 0.5) is 0 Å². The lowest BCUT2D eigenvalue weighted by atomic mass is 10.1. The third kappa shape index (κ3) is 5.01. The van der Waals surface area contributed by atoms with Crippen molar-refractivity contribution in [1.29, 1.82) is 0 Å². The summed E-state index contributed by atoms with van der Waals surface area (Å²) in [6.07, 6.45) is 0. The monoisotopic (exact) mass is 388 g/mol.